The Morgan fingerprint density at radius 2 is 1.77 bits per heavy atom. The van der Waals surface area contributed by atoms with Crippen molar-refractivity contribution in [2.45, 2.75) is 25.9 Å². The molecule has 9 heteroatoms. The van der Waals surface area contributed by atoms with Crippen LogP contribution in [0.2, 0.25) is 0 Å². The van der Waals surface area contributed by atoms with Gasteiger partial charge in [-0.25, -0.2) is 9.18 Å². The molecule has 0 aromatic heterocycles. The van der Waals surface area contributed by atoms with Crippen LogP contribution < -0.4 is 11.1 Å². The molecule has 1 saturated heterocycles. The number of benzene rings is 1. The average molecular weight is 365 g/mol. The van der Waals surface area contributed by atoms with Gasteiger partial charge in [0.1, 0.15) is 5.82 Å². The highest BCUT2D eigenvalue weighted by Crippen LogP contribution is 2.21. The quantitative estimate of drug-likeness (QED) is 0.765. The number of imide groups is 1. The summed E-state index contributed by atoms with van der Waals surface area (Å²) in [5.74, 6) is -2.46. The van der Waals surface area contributed by atoms with Crippen molar-refractivity contribution >= 4 is 23.8 Å². The third-order valence-electron chi connectivity index (χ3n) is 4.12. The monoisotopic (exact) mass is 365 g/mol. The molecule has 1 aromatic carbocycles. The number of piperidine rings is 1. The largest absolute Gasteiger partial charge is 0.452 e. The van der Waals surface area contributed by atoms with E-state index in [1.54, 1.807) is 4.90 Å². The van der Waals surface area contributed by atoms with Crippen molar-refractivity contribution in [3.05, 3.63) is 35.6 Å². The summed E-state index contributed by atoms with van der Waals surface area (Å²) in [5, 5.41) is 1.84. The molecule has 0 aliphatic carbocycles. The summed E-state index contributed by atoms with van der Waals surface area (Å²) in [7, 11) is 0. The van der Waals surface area contributed by atoms with Crippen LogP contribution in [0.4, 0.5) is 9.18 Å². The lowest BCUT2D eigenvalue weighted by Crippen LogP contribution is -2.44. The van der Waals surface area contributed by atoms with E-state index in [0.717, 1.165) is 0 Å². The smallest absolute Gasteiger partial charge is 0.318 e. The van der Waals surface area contributed by atoms with Gasteiger partial charge < -0.3 is 15.4 Å². The van der Waals surface area contributed by atoms with E-state index in [1.165, 1.54) is 31.2 Å². The SMILES string of the molecule is C[C@H](OC(=O)C1CCN(C(=O)c2ccc(F)cc2)CC1)C(=O)NC(N)=O. The first kappa shape index (κ1) is 19.4. The van der Waals surface area contributed by atoms with Gasteiger partial charge in [0.25, 0.3) is 11.8 Å². The number of primary amides is 1. The van der Waals surface area contributed by atoms with Crippen LogP contribution in [0.1, 0.15) is 30.1 Å². The Morgan fingerprint density at radius 3 is 2.31 bits per heavy atom. The number of esters is 1. The fourth-order valence-corrected chi connectivity index (χ4v) is 2.64. The number of amides is 4. The molecule has 4 amide bonds. The molecule has 1 fully saturated rings. The number of nitrogens with two attached hydrogens (primary N) is 1. The average Bonchev–Trinajstić information content (AvgIpc) is 2.61. The van der Waals surface area contributed by atoms with Crippen molar-refractivity contribution in [1.29, 1.82) is 0 Å². The molecule has 2 rings (SSSR count). The van der Waals surface area contributed by atoms with Crippen molar-refractivity contribution < 1.29 is 28.3 Å². The van der Waals surface area contributed by atoms with Gasteiger partial charge in [-0.3, -0.25) is 19.7 Å². The molecule has 26 heavy (non-hydrogen) atoms. The van der Waals surface area contributed by atoms with E-state index in [4.69, 9.17) is 10.5 Å². The lowest BCUT2D eigenvalue weighted by Gasteiger charge is -2.31. The maximum Gasteiger partial charge on any atom is 0.318 e. The van der Waals surface area contributed by atoms with Crippen molar-refractivity contribution in [3.8, 4) is 0 Å². The number of hydrogen-bond donors (Lipinski definition) is 2. The van der Waals surface area contributed by atoms with Gasteiger partial charge in [0.2, 0.25) is 0 Å². The van der Waals surface area contributed by atoms with Crippen molar-refractivity contribution in [1.82, 2.24) is 10.2 Å². The number of rotatable bonds is 4. The maximum absolute atomic E-state index is 12.9. The predicted octanol–water partition coefficient (Wildman–Crippen LogP) is 0.805. The summed E-state index contributed by atoms with van der Waals surface area (Å²) in [5.41, 5.74) is 5.21. The molecule has 3 N–H and O–H groups in total. The Balaban J connectivity index is 1.84. The van der Waals surface area contributed by atoms with Crippen LogP contribution in [0.15, 0.2) is 24.3 Å². The third-order valence-corrected chi connectivity index (χ3v) is 4.12. The topological polar surface area (TPSA) is 119 Å². The first-order valence-corrected chi connectivity index (χ1v) is 8.13. The lowest BCUT2D eigenvalue weighted by atomic mass is 9.96. The van der Waals surface area contributed by atoms with Crippen LogP contribution in [0, 0.1) is 11.7 Å². The van der Waals surface area contributed by atoms with Gasteiger partial charge in [-0.15, -0.1) is 0 Å². The van der Waals surface area contributed by atoms with Crippen molar-refractivity contribution in [2.75, 3.05) is 13.1 Å². The number of carbonyl (C=O) groups excluding carboxylic acids is 4. The fraction of sp³-hybridized carbons (Fsp3) is 0.412. The minimum absolute atomic E-state index is 0.231. The summed E-state index contributed by atoms with van der Waals surface area (Å²) in [6.45, 7) is 2.03. The van der Waals surface area contributed by atoms with E-state index in [0.29, 0.717) is 31.5 Å². The zero-order valence-electron chi connectivity index (χ0n) is 14.2. The Bertz CT molecular complexity index is 699. The van der Waals surface area contributed by atoms with E-state index < -0.39 is 35.7 Å². The van der Waals surface area contributed by atoms with E-state index in [2.05, 4.69) is 0 Å². The van der Waals surface area contributed by atoms with E-state index in [9.17, 15) is 23.6 Å². The Labute approximate surface area is 149 Å². The molecule has 1 aliphatic heterocycles. The summed E-state index contributed by atoms with van der Waals surface area (Å²) < 4.78 is 18.0. The van der Waals surface area contributed by atoms with Gasteiger partial charge in [-0.1, -0.05) is 0 Å². The second-order valence-corrected chi connectivity index (χ2v) is 6.01. The number of ether oxygens (including phenoxy) is 1. The molecule has 1 aromatic rings. The number of carbonyl (C=O) groups is 4. The predicted molar refractivity (Wildman–Crippen MR) is 88.3 cm³/mol. The minimum atomic E-state index is -1.14. The van der Waals surface area contributed by atoms with Crippen LogP contribution in [0.5, 0.6) is 0 Å². The Morgan fingerprint density at radius 1 is 1.19 bits per heavy atom. The second kappa shape index (κ2) is 8.41. The molecule has 1 aliphatic rings. The van der Waals surface area contributed by atoms with Gasteiger partial charge in [-0.05, 0) is 44.0 Å². The van der Waals surface area contributed by atoms with Crippen LogP contribution in [0.3, 0.4) is 0 Å². The standard InChI is InChI=1S/C17H20FN3O5/c1-10(14(22)20-17(19)25)26-16(24)12-6-8-21(9-7-12)15(23)11-2-4-13(18)5-3-11/h2-5,10,12H,6-9H2,1H3,(H3,19,20,22,25)/t10-/m0/s1. The molecular formula is C17H20FN3O5. The first-order chi connectivity index (χ1) is 12.3. The molecule has 1 atom stereocenters. The third kappa shape index (κ3) is 5.01. The van der Waals surface area contributed by atoms with Gasteiger partial charge in [-0.2, -0.15) is 0 Å². The van der Waals surface area contributed by atoms with E-state index in [1.807, 2.05) is 5.32 Å². The Kier molecular flexibility index (Phi) is 6.26. The number of halogens is 1. The molecule has 0 spiro atoms. The van der Waals surface area contributed by atoms with Crippen molar-refractivity contribution in [3.63, 3.8) is 0 Å². The molecule has 0 radical (unpaired) electrons. The molecule has 0 saturated carbocycles. The second-order valence-electron chi connectivity index (χ2n) is 6.01. The molecular weight excluding hydrogens is 345 g/mol. The van der Waals surface area contributed by atoms with E-state index >= 15 is 0 Å². The van der Waals surface area contributed by atoms with Crippen LogP contribution in [-0.4, -0.2) is 47.9 Å². The lowest BCUT2D eigenvalue weighted by molar-refractivity contribution is -0.159. The number of nitrogens with one attached hydrogen (secondary N) is 1. The van der Waals surface area contributed by atoms with Crippen LogP contribution in [0.25, 0.3) is 0 Å². The highest BCUT2D eigenvalue weighted by Gasteiger charge is 2.30. The Hall–Kier alpha value is -2.97. The highest BCUT2D eigenvalue weighted by molar-refractivity contribution is 5.96. The molecule has 1 heterocycles. The molecule has 0 bridgehead atoms. The zero-order valence-corrected chi connectivity index (χ0v) is 14.2. The van der Waals surface area contributed by atoms with Gasteiger partial charge in [0, 0.05) is 18.7 Å². The van der Waals surface area contributed by atoms with Crippen molar-refractivity contribution in [2.24, 2.45) is 11.7 Å². The number of urea groups is 1. The minimum Gasteiger partial charge on any atom is -0.452 e. The highest BCUT2D eigenvalue weighted by atomic mass is 19.1. The summed E-state index contributed by atoms with van der Waals surface area (Å²) in [4.78, 5) is 48.2. The van der Waals surface area contributed by atoms with Gasteiger partial charge in [0.05, 0.1) is 5.92 Å². The van der Waals surface area contributed by atoms with Crippen LogP contribution >= 0.6 is 0 Å². The molecule has 140 valence electrons. The molecule has 0 unspecified atom stereocenters. The fourth-order valence-electron chi connectivity index (χ4n) is 2.64. The first-order valence-electron chi connectivity index (χ1n) is 8.13. The van der Waals surface area contributed by atoms with Gasteiger partial charge in [0.15, 0.2) is 6.10 Å². The summed E-state index contributed by atoms with van der Waals surface area (Å²) >= 11 is 0. The van der Waals surface area contributed by atoms with E-state index in [-0.39, 0.29) is 5.91 Å². The number of likely N-dealkylation sites (tertiary alicyclic amines) is 1. The zero-order chi connectivity index (χ0) is 19.3. The number of nitrogens with zero attached hydrogens (tertiary/aromatic N) is 1. The van der Waals surface area contributed by atoms with Gasteiger partial charge >= 0.3 is 12.0 Å². The summed E-state index contributed by atoms with van der Waals surface area (Å²) in [6.07, 6.45) is -0.375. The number of hydrogen-bond acceptors (Lipinski definition) is 5. The normalized spacial score (nSPS) is 15.8. The maximum atomic E-state index is 12.9. The van der Waals surface area contributed by atoms with Crippen LogP contribution in [-0.2, 0) is 14.3 Å². The summed E-state index contributed by atoms with van der Waals surface area (Å²) in [6, 6.07) is 4.24. The molecule has 8 nitrogen and oxygen atoms in total.